The molecule has 17 heavy (non-hydrogen) atoms. The summed E-state index contributed by atoms with van der Waals surface area (Å²) in [6.07, 6.45) is 0. The van der Waals surface area contributed by atoms with E-state index in [1.165, 1.54) is 0 Å². The first kappa shape index (κ1) is 13.8. The molecule has 0 aliphatic heterocycles. The fraction of sp³-hybridized carbons (Fsp3) is 0.533. The molecular formula is C15H22O2. The van der Waals surface area contributed by atoms with Crippen LogP contribution >= 0.6 is 0 Å². The van der Waals surface area contributed by atoms with Crippen LogP contribution in [0.2, 0.25) is 0 Å². The summed E-state index contributed by atoms with van der Waals surface area (Å²) in [5, 5.41) is 0. The molecule has 0 saturated heterocycles. The Labute approximate surface area is 104 Å². The highest BCUT2D eigenvalue weighted by Gasteiger charge is 2.22. The SMILES string of the molecule is CC(C)COc1ccc(C(=O)C(C)(C)C)cc1. The number of ketones is 1. The maximum absolute atomic E-state index is 12.0. The van der Waals surface area contributed by atoms with Gasteiger partial charge in [-0.25, -0.2) is 0 Å². The van der Waals surface area contributed by atoms with Gasteiger partial charge in [-0.05, 0) is 30.2 Å². The lowest BCUT2D eigenvalue weighted by Crippen LogP contribution is -2.20. The van der Waals surface area contributed by atoms with Crippen LogP contribution in [-0.4, -0.2) is 12.4 Å². The minimum absolute atomic E-state index is 0.160. The van der Waals surface area contributed by atoms with Crippen LogP contribution in [0.25, 0.3) is 0 Å². The molecule has 0 aromatic heterocycles. The molecule has 0 aliphatic carbocycles. The average Bonchev–Trinajstić information content (AvgIpc) is 2.25. The molecule has 0 bridgehead atoms. The van der Waals surface area contributed by atoms with Gasteiger partial charge in [0, 0.05) is 11.0 Å². The third kappa shape index (κ3) is 4.22. The van der Waals surface area contributed by atoms with Gasteiger partial charge in [-0.3, -0.25) is 4.79 Å². The van der Waals surface area contributed by atoms with Crippen LogP contribution in [0, 0.1) is 11.3 Å². The number of carbonyl (C=O) groups excluding carboxylic acids is 1. The van der Waals surface area contributed by atoms with Crippen LogP contribution in [0.3, 0.4) is 0 Å². The Hall–Kier alpha value is -1.31. The predicted octanol–water partition coefficient (Wildman–Crippen LogP) is 3.95. The molecule has 0 unspecified atom stereocenters. The number of hydrogen-bond donors (Lipinski definition) is 0. The van der Waals surface area contributed by atoms with Gasteiger partial charge in [-0.15, -0.1) is 0 Å². The minimum atomic E-state index is -0.333. The lowest BCUT2D eigenvalue weighted by Gasteiger charge is -2.16. The van der Waals surface area contributed by atoms with Crippen molar-refractivity contribution in [3.05, 3.63) is 29.8 Å². The lowest BCUT2D eigenvalue weighted by atomic mass is 9.86. The molecule has 2 nitrogen and oxygen atoms in total. The summed E-state index contributed by atoms with van der Waals surface area (Å²) in [6.45, 7) is 10.7. The van der Waals surface area contributed by atoms with E-state index in [-0.39, 0.29) is 11.2 Å². The molecular weight excluding hydrogens is 212 g/mol. The monoisotopic (exact) mass is 234 g/mol. The number of carbonyl (C=O) groups is 1. The van der Waals surface area contributed by atoms with Crippen LogP contribution < -0.4 is 4.74 Å². The molecule has 1 rings (SSSR count). The van der Waals surface area contributed by atoms with Gasteiger partial charge in [0.1, 0.15) is 5.75 Å². The third-order valence-electron chi connectivity index (χ3n) is 2.38. The number of Topliss-reactive ketones (excluding diaryl/α,β-unsaturated/α-hetero) is 1. The van der Waals surface area contributed by atoms with Gasteiger partial charge in [-0.2, -0.15) is 0 Å². The number of hydrogen-bond acceptors (Lipinski definition) is 2. The summed E-state index contributed by atoms with van der Waals surface area (Å²) in [5.41, 5.74) is 0.412. The summed E-state index contributed by atoms with van der Waals surface area (Å²) in [5.74, 6) is 1.49. The van der Waals surface area contributed by atoms with Crippen molar-refractivity contribution >= 4 is 5.78 Å². The zero-order valence-corrected chi connectivity index (χ0v) is 11.4. The molecule has 0 heterocycles. The predicted molar refractivity (Wildman–Crippen MR) is 70.6 cm³/mol. The van der Waals surface area contributed by atoms with E-state index in [2.05, 4.69) is 13.8 Å². The number of ether oxygens (including phenoxy) is 1. The van der Waals surface area contributed by atoms with Crippen molar-refractivity contribution < 1.29 is 9.53 Å². The van der Waals surface area contributed by atoms with Crippen molar-refractivity contribution in [3.8, 4) is 5.75 Å². The normalized spacial score (nSPS) is 11.6. The molecule has 0 radical (unpaired) electrons. The van der Waals surface area contributed by atoms with Crippen LogP contribution in [0.1, 0.15) is 45.0 Å². The Morgan fingerprint density at radius 1 is 1.18 bits per heavy atom. The van der Waals surface area contributed by atoms with Crippen LogP contribution in [0.15, 0.2) is 24.3 Å². The van der Waals surface area contributed by atoms with Crippen molar-refractivity contribution in [1.29, 1.82) is 0 Å². The molecule has 2 heteroatoms. The van der Waals surface area contributed by atoms with Crippen LogP contribution in [0.5, 0.6) is 5.75 Å². The molecule has 0 spiro atoms. The largest absolute Gasteiger partial charge is 0.493 e. The first-order chi connectivity index (χ1) is 7.80. The molecule has 0 atom stereocenters. The molecule has 0 saturated carbocycles. The topological polar surface area (TPSA) is 26.3 Å². The molecule has 0 aliphatic rings. The summed E-state index contributed by atoms with van der Waals surface area (Å²) < 4.78 is 5.58. The van der Waals surface area contributed by atoms with E-state index in [0.29, 0.717) is 12.5 Å². The highest BCUT2D eigenvalue weighted by molar-refractivity contribution is 5.99. The minimum Gasteiger partial charge on any atom is -0.493 e. The second-order valence-electron chi connectivity index (χ2n) is 5.81. The molecule has 0 amide bonds. The highest BCUT2D eigenvalue weighted by Crippen LogP contribution is 2.22. The number of rotatable bonds is 4. The average molecular weight is 234 g/mol. The summed E-state index contributed by atoms with van der Waals surface area (Å²) in [6, 6.07) is 7.40. The van der Waals surface area contributed by atoms with Crippen molar-refractivity contribution in [2.75, 3.05) is 6.61 Å². The van der Waals surface area contributed by atoms with Crippen molar-refractivity contribution in [1.82, 2.24) is 0 Å². The first-order valence-corrected chi connectivity index (χ1v) is 6.08. The van der Waals surface area contributed by atoms with Crippen molar-refractivity contribution in [3.63, 3.8) is 0 Å². The standard InChI is InChI=1S/C15H22O2/c1-11(2)10-17-13-8-6-12(7-9-13)14(16)15(3,4)5/h6-9,11H,10H2,1-5H3. The summed E-state index contributed by atoms with van der Waals surface area (Å²) >= 11 is 0. The van der Waals surface area contributed by atoms with Crippen molar-refractivity contribution in [2.45, 2.75) is 34.6 Å². The Balaban J connectivity index is 2.71. The van der Waals surface area contributed by atoms with Gasteiger partial charge in [0.2, 0.25) is 0 Å². The Morgan fingerprint density at radius 3 is 2.12 bits per heavy atom. The quantitative estimate of drug-likeness (QED) is 0.737. The molecule has 1 aromatic carbocycles. The van der Waals surface area contributed by atoms with E-state index in [1.54, 1.807) is 0 Å². The van der Waals surface area contributed by atoms with Crippen LogP contribution in [0.4, 0.5) is 0 Å². The molecule has 0 N–H and O–H groups in total. The first-order valence-electron chi connectivity index (χ1n) is 6.08. The summed E-state index contributed by atoms with van der Waals surface area (Å²) in [4.78, 5) is 12.0. The second kappa shape index (κ2) is 5.35. The fourth-order valence-electron chi connectivity index (χ4n) is 1.40. The van der Waals surface area contributed by atoms with E-state index in [4.69, 9.17) is 4.74 Å². The Morgan fingerprint density at radius 2 is 1.71 bits per heavy atom. The summed E-state index contributed by atoms with van der Waals surface area (Å²) in [7, 11) is 0. The van der Waals surface area contributed by atoms with Gasteiger partial charge >= 0.3 is 0 Å². The lowest BCUT2D eigenvalue weighted by molar-refractivity contribution is 0.0858. The van der Waals surface area contributed by atoms with E-state index in [0.717, 1.165) is 11.3 Å². The van der Waals surface area contributed by atoms with Gasteiger partial charge in [0.25, 0.3) is 0 Å². The zero-order valence-electron chi connectivity index (χ0n) is 11.4. The zero-order chi connectivity index (χ0) is 13.1. The Kier molecular flexibility index (Phi) is 4.33. The highest BCUT2D eigenvalue weighted by atomic mass is 16.5. The van der Waals surface area contributed by atoms with Crippen molar-refractivity contribution in [2.24, 2.45) is 11.3 Å². The van der Waals surface area contributed by atoms with E-state index < -0.39 is 0 Å². The van der Waals surface area contributed by atoms with E-state index in [1.807, 2.05) is 45.0 Å². The van der Waals surface area contributed by atoms with Gasteiger partial charge < -0.3 is 4.74 Å². The molecule has 94 valence electrons. The smallest absolute Gasteiger partial charge is 0.168 e. The molecule has 1 aromatic rings. The second-order valence-corrected chi connectivity index (χ2v) is 5.81. The maximum atomic E-state index is 12.0. The van der Waals surface area contributed by atoms with E-state index >= 15 is 0 Å². The van der Waals surface area contributed by atoms with Gasteiger partial charge in [0.05, 0.1) is 6.61 Å². The van der Waals surface area contributed by atoms with Gasteiger partial charge in [0.15, 0.2) is 5.78 Å². The van der Waals surface area contributed by atoms with E-state index in [9.17, 15) is 4.79 Å². The van der Waals surface area contributed by atoms with Crippen LogP contribution in [-0.2, 0) is 0 Å². The number of benzene rings is 1. The van der Waals surface area contributed by atoms with Gasteiger partial charge in [-0.1, -0.05) is 34.6 Å². The third-order valence-corrected chi connectivity index (χ3v) is 2.38. The fourth-order valence-corrected chi connectivity index (χ4v) is 1.40. The maximum Gasteiger partial charge on any atom is 0.168 e. The Bertz CT molecular complexity index is 369. The molecule has 0 fully saturated rings.